The van der Waals surface area contributed by atoms with E-state index in [0.717, 1.165) is 17.8 Å². The van der Waals surface area contributed by atoms with Crippen molar-refractivity contribution in [1.82, 2.24) is 4.98 Å². The van der Waals surface area contributed by atoms with Gasteiger partial charge in [-0.2, -0.15) is 0 Å². The molecule has 2 aliphatic rings. The summed E-state index contributed by atoms with van der Waals surface area (Å²) < 4.78 is 47.1. The van der Waals surface area contributed by atoms with Gasteiger partial charge in [-0.25, -0.2) is 23.1 Å². The SMILES string of the molecule is NC1=N[C@@]2(c3cc(NC(=O)c4ccc(Cl)cn4)ccc3F)CO[C@H](C(F)F)[C@H]2CS1. The molecule has 0 unspecified atom stereocenters. The molecule has 11 heteroatoms. The van der Waals surface area contributed by atoms with E-state index in [9.17, 15) is 18.0 Å². The van der Waals surface area contributed by atoms with Gasteiger partial charge < -0.3 is 15.8 Å². The molecule has 0 spiro atoms. The number of nitrogens with two attached hydrogens (primary N) is 1. The number of hydrogen-bond donors (Lipinski definition) is 2. The summed E-state index contributed by atoms with van der Waals surface area (Å²) in [5, 5.41) is 3.17. The number of ether oxygens (including phenoxy) is 1. The van der Waals surface area contributed by atoms with Crippen LogP contribution in [0.4, 0.5) is 18.9 Å². The van der Waals surface area contributed by atoms with E-state index in [1.807, 2.05) is 0 Å². The molecule has 3 atom stereocenters. The number of anilines is 1. The van der Waals surface area contributed by atoms with Crippen molar-refractivity contribution in [2.75, 3.05) is 17.7 Å². The van der Waals surface area contributed by atoms with Gasteiger partial charge in [-0.15, -0.1) is 0 Å². The van der Waals surface area contributed by atoms with Gasteiger partial charge in [0.05, 0.1) is 11.6 Å². The van der Waals surface area contributed by atoms with Gasteiger partial charge in [-0.3, -0.25) is 4.79 Å². The Morgan fingerprint density at radius 2 is 2.17 bits per heavy atom. The minimum absolute atomic E-state index is 0.0424. The highest BCUT2D eigenvalue weighted by Crippen LogP contribution is 2.49. The summed E-state index contributed by atoms with van der Waals surface area (Å²) in [6.45, 7) is -0.235. The van der Waals surface area contributed by atoms with Crippen LogP contribution in [0.2, 0.25) is 5.02 Å². The molecule has 1 amide bonds. The van der Waals surface area contributed by atoms with Crippen LogP contribution in [0, 0.1) is 11.7 Å². The van der Waals surface area contributed by atoms with Crippen LogP contribution in [0.1, 0.15) is 16.1 Å². The van der Waals surface area contributed by atoms with Gasteiger partial charge in [-0.05, 0) is 30.3 Å². The van der Waals surface area contributed by atoms with Crippen molar-refractivity contribution < 1.29 is 22.7 Å². The number of aromatic nitrogens is 1. The molecule has 0 saturated carbocycles. The molecule has 2 aromatic rings. The van der Waals surface area contributed by atoms with E-state index in [1.54, 1.807) is 0 Å². The van der Waals surface area contributed by atoms with E-state index in [0.29, 0.717) is 5.02 Å². The molecule has 1 saturated heterocycles. The second-order valence-electron chi connectivity index (χ2n) is 6.91. The summed E-state index contributed by atoms with van der Waals surface area (Å²) >= 11 is 6.90. The average molecular weight is 457 g/mol. The molecule has 0 radical (unpaired) electrons. The molecule has 1 fully saturated rings. The molecule has 6 nitrogen and oxygen atoms in total. The first-order chi connectivity index (χ1) is 14.3. The monoisotopic (exact) mass is 456 g/mol. The van der Waals surface area contributed by atoms with E-state index >= 15 is 0 Å². The molecule has 1 aromatic carbocycles. The van der Waals surface area contributed by atoms with Gasteiger partial charge in [0.25, 0.3) is 12.3 Å². The Balaban J connectivity index is 1.69. The molecule has 0 aliphatic carbocycles. The molecule has 2 aliphatic heterocycles. The predicted molar refractivity (Wildman–Crippen MR) is 109 cm³/mol. The molecule has 3 heterocycles. The lowest BCUT2D eigenvalue weighted by molar-refractivity contribution is -0.0359. The first kappa shape index (κ1) is 21.0. The van der Waals surface area contributed by atoms with Crippen LogP contribution in [-0.2, 0) is 10.3 Å². The van der Waals surface area contributed by atoms with Gasteiger partial charge in [-0.1, -0.05) is 23.4 Å². The third-order valence-electron chi connectivity index (χ3n) is 5.13. The second kappa shape index (κ2) is 8.09. The van der Waals surface area contributed by atoms with Gasteiger partial charge in [0.2, 0.25) is 0 Å². The molecule has 158 valence electrons. The fraction of sp³-hybridized carbons (Fsp3) is 0.316. The number of nitrogens with one attached hydrogen (secondary N) is 1. The third-order valence-corrected chi connectivity index (χ3v) is 6.26. The number of amidine groups is 1. The maximum Gasteiger partial charge on any atom is 0.274 e. The number of hydrogen-bond acceptors (Lipinski definition) is 6. The smallest absolute Gasteiger partial charge is 0.274 e. The summed E-state index contributed by atoms with van der Waals surface area (Å²) in [4.78, 5) is 20.7. The number of pyridine rings is 1. The summed E-state index contributed by atoms with van der Waals surface area (Å²) in [5.41, 5.74) is 4.87. The van der Waals surface area contributed by atoms with E-state index in [-0.39, 0.29) is 34.5 Å². The Bertz CT molecular complexity index is 1010. The van der Waals surface area contributed by atoms with Crippen molar-refractivity contribution in [2.45, 2.75) is 18.1 Å². The first-order valence-corrected chi connectivity index (χ1v) is 10.3. The van der Waals surface area contributed by atoms with E-state index in [1.165, 1.54) is 30.5 Å². The zero-order valence-electron chi connectivity index (χ0n) is 15.3. The van der Waals surface area contributed by atoms with Crippen molar-refractivity contribution in [3.05, 3.63) is 58.6 Å². The molecular formula is C19H16ClF3N4O2S. The molecular weight excluding hydrogens is 441 g/mol. The highest BCUT2D eigenvalue weighted by molar-refractivity contribution is 8.13. The maximum absolute atomic E-state index is 14.8. The number of alkyl halides is 2. The number of halogens is 4. The number of nitrogens with zero attached hydrogens (tertiary/aromatic N) is 2. The maximum atomic E-state index is 14.8. The minimum atomic E-state index is -2.74. The van der Waals surface area contributed by atoms with E-state index < -0.39 is 35.7 Å². The van der Waals surface area contributed by atoms with Crippen molar-refractivity contribution >= 4 is 40.1 Å². The normalized spacial score (nSPS) is 25.7. The Labute approximate surface area is 179 Å². The number of rotatable bonds is 4. The molecule has 3 N–H and O–H groups in total. The number of fused-ring (bicyclic) bond motifs is 1. The second-order valence-corrected chi connectivity index (χ2v) is 8.39. The van der Waals surface area contributed by atoms with Crippen LogP contribution in [0.25, 0.3) is 0 Å². The number of benzene rings is 1. The zero-order chi connectivity index (χ0) is 21.5. The lowest BCUT2D eigenvalue weighted by Gasteiger charge is -2.35. The van der Waals surface area contributed by atoms with Crippen LogP contribution >= 0.6 is 23.4 Å². The number of carbonyl (C=O) groups is 1. The first-order valence-electron chi connectivity index (χ1n) is 8.91. The summed E-state index contributed by atoms with van der Waals surface area (Å²) in [6.07, 6.45) is -2.80. The standard InChI is InChI=1S/C19H16ClF3N4O2S/c20-9-1-4-14(25-6-9)17(28)26-10-2-3-13(21)11(5-10)19-8-29-15(16(22)23)12(19)7-30-18(24)27-19/h1-6,12,15-16H,7-8H2,(H2,24,27)(H,26,28)/t12-,15+,19-/m1/s1. The highest BCUT2D eigenvalue weighted by atomic mass is 35.5. The Morgan fingerprint density at radius 1 is 1.37 bits per heavy atom. The summed E-state index contributed by atoms with van der Waals surface area (Å²) in [7, 11) is 0. The molecule has 1 aromatic heterocycles. The lowest BCUT2D eigenvalue weighted by Crippen LogP contribution is -2.43. The van der Waals surface area contributed by atoms with Gasteiger partial charge in [0.1, 0.15) is 23.2 Å². The van der Waals surface area contributed by atoms with Gasteiger partial charge in [0, 0.05) is 29.1 Å². The average Bonchev–Trinajstić information content (AvgIpc) is 3.09. The van der Waals surface area contributed by atoms with Crippen molar-refractivity contribution in [2.24, 2.45) is 16.6 Å². The number of aliphatic imine (C=N–C) groups is 1. The van der Waals surface area contributed by atoms with Crippen LogP contribution in [0.15, 0.2) is 41.5 Å². The number of amides is 1. The molecule has 0 bridgehead atoms. The van der Waals surface area contributed by atoms with Crippen molar-refractivity contribution in [3.63, 3.8) is 0 Å². The zero-order valence-corrected chi connectivity index (χ0v) is 16.9. The van der Waals surface area contributed by atoms with Crippen LogP contribution in [0.5, 0.6) is 0 Å². The number of thioether (sulfide) groups is 1. The van der Waals surface area contributed by atoms with Crippen LogP contribution in [0.3, 0.4) is 0 Å². The summed E-state index contributed by atoms with van der Waals surface area (Å²) in [5.74, 6) is -1.74. The van der Waals surface area contributed by atoms with Gasteiger partial charge in [0.15, 0.2) is 5.17 Å². The number of carbonyl (C=O) groups excluding carboxylic acids is 1. The third kappa shape index (κ3) is 3.75. The Morgan fingerprint density at radius 3 is 2.87 bits per heavy atom. The Kier molecular flexibility index (Phi) is 5.65. The fourth-order valence-electron chi connectivity index (χ4n) is 3.70. The highest BCUT2D eigenvalue weighted by Gasteiger charge is 2.56. The Hall–Kier alpha value is -2.30. The summed E-state index contributed by atoms with van der Waals surface area (Å²) in [6, 6.07) is 6.84. The fourth-order valence-corrected chi connectivity index (χ4v) is 4.85. The lowest BCUT2D eigenvalue weighted by atomic mass is 9.78. The van der Waals surface area contributed by atoms with Crippen molar-refractivity contribution in [3.8, 4) is 0 Å². The van der Waals surface area contributed by atoms with E-state index in [4.69, 9.17) is 22.1 Å². The minimum Gasteiger partial charge on any atom is -0.379 e. The van der Waals surface area contributed by atoms with Crippen LogP contribution in [-0.4, -0.2) is 40.9 Å². The quantitative estimate of drug-likeness (QED) is 0.732. The topological polar surface area (TPSA) is 89.6 Å². The molecule has 30 heavy (non-hydrogen) atoms. The molecule has 4 rings (SSSR count). The predicted octanol–water partition coefficient (Wildman–Crippen LogP) is 3.66. The van der Waals surface area contributed by atoms with Gasteiger partial charge >= 0.3 is 0 Å². The van der Waals surface area contributed by atoms with Crippen molar-refractivity contribution in [1.29, 1.82) is 0 Å². The van der Waals surface area contributed by atoms with E-state index in [2.05, 4.69) is 15.3 Å². The largest absolute Gasteiger partial charge is 0.379 e. The van der Waals surface area contributed by atoms with Crippen LogP contribution < -0.4 is 11.1 Å².